The summed E-state index contributed by atoms with van der Waals surface area (Å²) in [6.45, 7) is 14.4. The fourth-order valence-electron chi connectivity index (χ4n) is 4.94. The first kappa shape index (κ1) is 36.1. The maximum Gasteiger partial charge on any atom is 0.243 e. The SMILES string of the molecule is CCOP(=O)(CNC(=O)[C@H](CC(C)C)NC(=O)[C@H]1CCCN1)C[C@@H](CC(C)C)C(=O)N[C@@H](CC(C)C)C(=O)NC. The van der Waals surface area contributed by atoms with Crippen molar-refractivity contribution in [3.63, 3.8) is 0 Å². The Morgan fingerprint density at radius 2 is 1.45 bits per heavy atom. The van der Waals surface area contributed by atoms with E-state index >= 15 is 0 Å². The van der Waals surface area contributed by atoms with Crippen molar-refractivity contribution in [1.82, 2.24) is 26.6 Å². The molecule has 1 rings (SSSR count). The number of hydrogen-bond acceptors (Lipinski definition) is 7. The summed E-state index contributed by atoms with van der Waals surface area (Å²) in [5.41, 5.74) is 0. The zero-order valence-electron chi connectivity index (χ0n) is 25.8. The molecule has 1 heterocycles. The number of carbonyl (C=O) groups is 4. The van der Waals surface area contributed by atoms with E-state index in [2.05, 4.69) is 26.6 Å². The Morgan fingerprint density at radius 1 is 0.875 bits per heavy atom. The Balaban J connectivity index is 3.02. The van der Waals surface area contributed by atoms with Crippen LogP contribution in [-0.2, 0) is 28.3 Å². The summed E-state index contributed by atoms with van der Waals surface area (Å²) in [5, 5.41) is 14.2. The Morgan fingerprint density at radius 3 is 1.93 bits per heavy atom. The second-order valence-corrected chi connectivity index (χ2v) is 14.7. The summed E-state index contributed by atoms with van der Waals surface area (Å²) < 4.78 is 19.6. The van der Waals surface area contributed by atoms with Gasteiger partial charge in [-0.15, -0.1) is 0 Å². The largest absolute Gasteiger partial charge is 0.357 e. The molecule has 5 N–H and O–H groups in total. The van der Waals surface area contributed by atoms with Crippen LogP contribution in [0, 0.1) is 23.7 Å². The van der Waals surface area contributed by atoms with Crippen LogP contribution in [0.5, 0.6) is 0 Å². The topological polar surface area (TPSA) is 155 Å². The quantitative estimate of drug-likeness (QED) is 0.154. The highest BCUT2D eigenvalue weighted by atomic mass is 31.2. The number of amides is 4. The first-order chi connectivity index (χ1) is 18.7. The van der Waals surface area contributed by atoms with Crippen LogP contribution >= 0.6 is 7.37 Å². The molecule has 0 aromatic rings. The van der Waals surface area contributed by atoms with Crippen LogP contribution in [0.3, 0.4) is 0 Å². The van der Waals surface area contributed by atoms with E-state index in [1.54, 1.807) is 6.92 Å². The number of hydrogen-bond donors (Lipinski definition) is 5. The van der Waals surface area contributed by atoms with Gasteiger partial charge in [-0.25, -0.2) is 0 Å². The van der Waals surface area contributed by atoms with E-state index in [0.717, 1.165) is 19.4 Å². The predicted molar refractivity (Wildman–Crippen MR) is 158 cm³/mol. The normalized spacial score (nSPS) is 19.1. The van der Waals surface area contributed by atoms with Gasteiger partial charge in [0.2, 0.25) is 31.0 Å². The highest BCUT2D eigenvalue weighted by molar-refractivity contribution is 7.59. The fourth-order valence-corrected chi connectivity index (χ4v) is 7.12. The summed E-state index contributed by atoms with van der Waals surface area (Å²) >= 11 is 0. The third-order valence-corrected chi connectivity index (χ3v) is 9.15. The van der Waals surface area contributed by atoms with Gasteiger partial charge < -0.3 is 31.1 Å². The van der Waals surface area contributed by atoms with Crippen molar-refractivity contribution in [2.45, 2.75) is 98.7 Å². The first-order valence-electron chi connectivity index (χ1n) is 14.8. The van der Waals surface area contributed by atoms with E-state index in [0.29, 0.717) is 19.3 Å². The Bertz CT molecular complexity index is 875. The van der Waals surface area contributed by atoms with E-state index in [1.807, 2.05) is 41.5 Å². The maximum atomic E-state index is 14.0. The van der Waals surface area contributed by atoms with Gasteiger partial charge in [0, 0.05) is 19.1 Å². The minimum atomic E-state index is -3.49. The lowest BCUT2D eigenvalue weighted by Crippen LogP contribution is -2.52. The molecule has 1 aliphatic heterocycles. The van der Waals surface area contributed by atoms with E-state index < -0.39 is 31.3 Å². The lowest BCUT2D eigenvalue weighted by Gasteiger charge is -2.28. The van der Waals surface area contributed by atoms with Gasteiger partial charge in [0.15, 0.2) is 0 Å². The Kier molecular flexibility index (Phi) is 16.0. The molecule has 1 saturated heterocycles. The van der Waals surface area contributed by atoms with Crippen molar-refractivity contribution in [2.75, 3.05) is 32.6 Å². The zero-order chi connectivity index (χ0) is 30.5. The van der Waals surface area contributed by atoms with Gasteiger partial charge in [-0.1, -0.05) is 41.5 Å². The molecule has 0 saturated carbocycles. The van der Waals surface area contributed by atoms with Crippen molar-refractivity contribution < 1.29 is 28.3 Å². The van der Waals surface area contributed by atoms with Gasteiger partial charge >= 0.3 is 0 Å². The molecule has 4 amide bonds. The van der Waals surface area contributed by atoms with Gasteiger partial charge in [0.25, 0.3) is 0 Å². The molecular formula is C28H54N5O6P. The summed E-state index contributed by atoms with van der Waals surface area (Å²) in [6, 6.07) is -1.79. The Labute approximate surface area is 240 Å². The summed E-state index contributed by atoms with van der Waals surface area (Å²) in [4.78, 5) is 51.7. The lowest BCUT2D eigenvalue weighted by atomic mass is 9.96. The number of likely N-dealkylation sites (N-methyl/N-ethyl adjacent to an activating group) is 1. The smallest absolute Gasteiger partial charge is 0.243 e. The average molecular weight is 588 g/mol. The minimum absolute atomic E-state index is 0.0690. The fraction of sp³-hybridized carbons (Fsp3) is 0.857. The molecule has 0 aromatic carbocycles. The van der Waals surface area contributed by atoms with Crippen molar-refractivity contribution in [2.24, 2.45) is 23.7 Å². The van der Waals surface area contributed by atoms with Gasteiger partial charge in [0.05, 0.1) is 18.9 Å². The standard InChI is InChI=1S/C28H54N5O6P/c1-9-39-40(38,16-21(13-18(2)3)25(34)32-23(14-19(4)5)26(35)29-8)17-31-27(36)24(15-20(6)7)33-28(37)22-11-10-12-30-22/h18-24,30H,9-17H2,1-8H3,(H,29,35)(H,31,36)(H,32,34)(H,33,37)/t21-,22-,23+,24+,40?/m1/s1. The highest BCUT2D eigenvalue weighted by Crippen LogP contribution is 2.48. The summed E-state index contributed by atoms with van der Waals surface area (Å²) in [6.07, 6.45) is 2.65. The second-order valence-electron chi connectivity index (χ2n) is 12.1. The van der Waals surface area contributed by atoms with Crippen molar-refractivity contribution >= 4 is 31.0 Å². The van der Waals surface area contributed by atoms with Crippen molar-refractivity contribution in [3.8, 4) is 0 Å². The minimum Gasteiger partial charge on any atom is -0.357 e. The molecule has 0 bridgehead atoms. The number of rotatable bonds is 18. The van der Waals surface area contributed by atoms with E-state index in [-0.39, 0.29) is 60.6 Å². The molecule has 40 heavy (non-hydrogen) atoms. The monoisotopic (exact) mass is 587 g/mol. The first-order valence-corrected chi connectivity index (χ1v) is 16.8. The van der Waals surface area contributed by atoms with Gasteiger partial charge in [-0.05, 0) is 63.3 Å². The number of nitrogens with one attached hydrogen (secondary N) is 5. The predicted octanol–water partition coefficient (Wildman–Crippen LogP) is 2.60. The van der Waals surface area contributed by atoms with Crippen LogP contribution in [0.25, 0.3) is 0 Å². The molecule has 11 nitrogen and oxygen atoms in total. The molecule has 0 aromatic heterocycles. The van der Waals surface area contributed by atoms with Gasteiger partial charge in [-0.3, -0.25) is 23.7 Å². The third kappa shape index (κ3) is 13.1. The van der Waals surface area contributed by atoms with Crippen LogP contribution < -0.4 is 26.6 Å². The van der Waals surface area contributed by atoms with Crippen LogP contribution in [0.4, 0.5) is 0 Å². The van der Waals surface area contributed by atoms with E-state index in [1.165, 1.54) is 7.05 Å². The van der Waals surface area contributed by atoms with Crippen LogP contribution in [0.2, 0.25) is 0 Å². The number of carbonyl (C=O) groups excluding carboxylic acids is 4. The third-order valence-electron chi connectivity index (χ3n) is 6.79. The molecule has 1 aliphatic rings. The molecular weight excluding hydrogens is 533 g/mol. The Hall–Kier alpha value is -1.97. The molecule has 12 heteroatoms. The maximum absolute atomic E-state index is 14.0. The van der Waals surface area contributed by atoms with Crippen LogP contribution in [0.15, 0.2) is 0 Å². The van der Waals surface area contributed by atoms with Crippen molar-refractivity contribution in [1.29, 1.82) is 0 Å². The zero-order valence-corrected chi connectivity index (χ0v) is 26.7. The molecule has 1 unspecified atom stereocenters. The van der Waals surface area contributed by atoms with Crippen LogP contribution in [0.1, 0.15) is 80.6 Å². The molecule has 5 atom stereocenters. The van der Waals surface area contributed by atoms with Gasteiger partial charge in [0.1, 0.15) is 12.1 Å². The van der Waals surface area contributed by atoms with E-state index in [4.69, 9.17) is 4.52 Å². The summed E-state index contributed by atoms with van der Waals surface area (Å²) in [7, 11) is -1.96. The summed E-state index contributed by atoms with van der Waals surface area (Å²) in [5.74, 6) is -1.51. The highest BCUT2D eigenvalue weighted by Gasteiger charge is 2.35. The molecule has 1 fully saturated rings. The lowest BCUT2D eigenvalue weighted by molar-refractivity contribution is -0.131. The van der Waals surface area contributed by atoms with E-state index in [9.17, 15) is 23.7 Å². The van der Waals surface area contributed by atoms with Crippen LogP contribution in [-0.4, -0.2) is 74.4 Å². The average Bonchev–Trinajstić information content (AvgIpc) is 3.40. The molecule has 0 radical (unpaired) electrons. The molecule has 0 spiro atoms. The molecule has 232 valence electrons. The van der Waals surface area contributed by atoms with Crippen molar-refractivity contribution in [3.05, 3.63) is 0 Å². The second kappa shape index (κ2) is 17.8. The van der Waals surface area contributed by atoms with Gasteiger partial charge in [-0.2, -0.15) is 0 Å². The molecule has 0 aliphatic carbocycles.